The van der Waals surface area contributed by atoms with Crippen molar-refractivity contribution >= 4 is 34.8 Å². The van der Waals surface area contributed by atoms with Crippen LogP contribution in [0, 0.1) is 13.8 Å². The molecule has 0 spiro atoms. The molecule has 6 nitrogen and oxygen atoms in total. The van der Waals surface area contributed by atoms with Crippen molar-refractivity contribution in [2.24, 2.45) is 0 Å². The molecule has 144 valence electrons. The van der Waals surface area contributed by atoms with Crippen molar-refractivity contribution in [3.63, 3.8) is 0 Å². The van der Waals surface area contributed by atoms with Crippen molar-refractivity contribution in [1.82, 2.24) is 4.40 Å². The highest BCUT2D eigenvalue weighted by atomic mass is 35.5. The molecule has 0 aliphatic rings. The van der Waals surface area contributed by atoms with Crippen LogP contribution in [0.5, 0.6) is 0 Å². The highest BCUT2D eigenvalue weighted by Crippen LogP contribution is 2.30. The largest absolute Gasteiger partial charge is 0.465 e. The van der Waals surface area contributed by atoms with Crippen LogP contribution in [0.15, 0.2) is 36.5 Å². The van der Waals surface area contributed by atoms with Crippen LogP contribution in [0.4, 0.5) is 0 Å². The van der Waals surface area contributed by atoms with Crippen LogP contribution in [0.2, 0.25) is 5.02 Å². The summed E-state index contributed by atoms with van der Waals surface area (Å²) in [5.41, 5.74) is 2.25. The van der Waals surface area contributed by atoms with Gasteiger partial charge in [0, 0.05) is 16.8 Å². The number of nitrogens with zero attached hydrogens (tertiary/aromatic N) is 1. The number of pyridine rings is 1. The standard InChI is InChI=1S/C21H18ClNO5/c1-11-9-12(2)17-15(20(25)27-3)16(21(26)28-4)18(23(17)10-11)19(24)13-5-7-14(22)8-6-13/h5-10H,1-4H3. The number of hydrogen-bond donors (Lipinski definition) is 0. The average Bonchev–Trinajstić information content (AvgIpc) is 3.01. The quantitative estimate of drug-likeness (QED) is 0.489. The molecular formula is C21H18ClNO5. The normalized spacial score (nSPS) is 10.8. The first-order valence-corrected chi connectivity index (χ1v) is 8.80. The first-order chi connectivity index (χ1) is 13.3. The molecule has 0 unspecified atom stereocenters. The zero-order valence-electron chi connectivity index (χ0n) is 15.8. The molecule has 0 aliphatic heterocycles. The molecule has 2 heterocycles. The minimum atomic E-state index is -0.793. The van der Waals surface area contributed by atoms with Gasteiger partial charge in [-0.25, -0.2) is 9.59 Å². The maximum absolute atomic E-state index is 13.3. The third-order valence-electron chi connectivity index (χ3n) is 4.46. The second-order valence-electron chi connectivity index (χ2n) is 6.34. The fourth-order valence-corrected chi connectivity index (χ4v) is 3.45. The van der Waals surface area contributed by atoms with Crippen LogP contribution < -0.4 is 0 Å². The lowest BCUT2D eigenvalue weighted by atomic mass is 10.0. The van der Waals surface area contributed by atoms with Gasteiger partial charge in [-0.2, -0.15) is 0 Å². The molecule has 0 saturated carbocycles. The Kier molecular flexibility index (Phi) is 5.25. The SMILES string of the molecule is COC(=O)c1c(C(=O)OC)c2c(C)cc(C)cn2c1C(=O)c1ccc(Cl)cc1. The summed E-state index contributed by atoms with van der Waals surface area (Å²) in [6, 6.07) is 8.15. The number of benzene rings is 1. The number of carbonyl (C=O) groups excluding carboxylic acids is 3. The molecule has 1 aromatic carbocycles. The van der Waals surface area contributed by atoms with E-state index in [0.29, 0.717) is 16.1 Å². The summed E-state index contributed by atoms with van der Waals surface area (Å²) in [4.78, 5) is 38.5. The minimum Gasteiger partial charge on any atom is -0.465 e. The minimum absolute atomic E-state index is 0.00386. The van der Waals surface area contributed by atoms with Crippen LogP contribution >= 0.6 is 11.6 Å². The fraction of sp³-hybridized carbons (Fsp3) is 0.190. The highest BCUT2D eigenvalue weighted by molar-refractivity contribution is 6.30. The smallest absolute Gasteiger partial charge is 0.341 e. The Morgan fingerprint density at radius 1 is 0.929 bits per heavy atom. The van der Waals surface area contributed by atoms with E-state index in [1.807, 2.05) is 13.0 Å². The molecule has 0 saturated heterocycles. The molecular weight excluding hydrogens is 382 g/mol. The average molecular weight is 400 g/mol. The van der Waals surface area contributed by atoms with Gasteiger partial charge in [0.05, 0.1) is 19.7 Å². The summed E-state index contributed by atoms with van der Waals surface area (Å²) >= 11 is 5.92. The van der Waals surface area contributed by atoms with E-state index >= 15 is 0 Å². The van der Waals surface area contributed by atoms with E-state index in [1.165, 1.54) is 14.2 Å². The Morgan fingerprint density at radius 2 is 1.50 bits per heavy atom. The molecule has 0 atom stereocenters. The van der Waals surface area contributed by atoms with Gasteiger partial charge in [0.2, 0.25) is 5.78 Å². The molecule has 0 amide bonds. The van der Waals surface area contributed by atoms with Crippen LogP contribution in [0.25, 0.3) is 5.52 Å². The Hall–Kier alpha value is -3.12. The predicted octanol–water partition coefficient (Wildman–Crippen LogP) is 4.01. The summed E-state index contributed by atoms with van der Waals surface area (Å²) in [6.07, 6.45) is 1.70. The molecule has 0 N–H and O–H groups in total. The van der Waals surface area contributed by atoms with Gasteiger partial charge < -0.3 is 13.9 Å². The van der Waals surface area contributed by atoms with E-state index in [4.69, 9.17) is 21.1 Å². The number of fused-ring (bicyclic) bond motifs is 1. The van der Waals surface area contributed by atoms with Crippen molar-refractivity contribution in [2.45, 2.75) is 13.8 Å². The first kappa shape index (κ1) is 19.6. The van der Waals surface area contributed by atoms with Gasteiger partial charge in [-0.1, -0.05) is 17.7 Å². The summed E-state index contributed by atoms with van der Waals surface area (Å²) in [6.45, 7) is 3.66. The van der Waals surface area contributed by atoms with Crippen LogP contribution in [-0.2, 0) is 9.47 Å². The second-order valence-corrected chi connectivity index (χ2v) is 6.77. The third-order valence-corrected chi connectivity index (χ3v) is 4.71. The molecule has 3 rings (SSSR count). The third kappa shape index (κ3) is 3.16. The Balaban J connectivity index is 2.46. The van der Waals surface area contributed by atoms with Gasteiger partial charge in [0.15, 0.2) is 0 Å². The van der Waals surface area contributed by atoms with Gasteiger partial charge in [0.25, 0.3) is 0 Å². The summed E-state index contributed by atoms with van der Waals surface area (Å²) in [5, 5.41) is 0.478. The number of hydrogen-bond acceptors (Lipinski definition) is 5. The van der Waals surface area contributed by atoms with Gasteiger partial charge in [-0.15, -0.1) is 0 Å². The van der Waals surface area contributed by atoms with E-state index in [9.17, 15) is 14.4 Å². The van der Waals surface area contributed by atoms with Gasteiger partial charge >= 0.3 is 11.9 Å². The Bertz CT molecular complexity index is 1110. The van der Waals surface area contributed by atoms with Gasteiger partial charge in [-0.05, 0) is 49.2 Å². The maximum Gasteiger partial charge on any atom is 0.341 e. The molecule has 0 bridgehead atoms. The lowest BCUT2D eigenvalue weighted by Crippen LogP contribution is -2.15. The van der Waals surface area contributed by atoms with Crippen LogP contribution in [0.1, 0.15) is 47.9 Å². The molecule has 0 aliphatic carbocycles. The van der Waals surface area contributed by atoms with E-state index in [-0.39, 0.29) is 16.8 Å². The monoisotopic (exact) mass is 399 g/mol. The van der Waals surface area contributed by atoms with Crippen molar-refractivity contribution in [2.75, 3.05) is 14.2 Å². The first-order valence-electron chi connectivity index (χ1n) is 8.42. The molecule has 3 aromatic rings. The summed E-state index contributed by atoms with van der Waals surface area (Å²) in [5.74, 6) is -1.95. The number of aromatic nitrogens is 1. The lowest BCUT2D eigenvalue weighted by molar-refractivity contribution is 0.0556. The molecule has 7 heteroatoms. The van der Waals surface area contributed by atoms with Crippen molar-refractivity contribution in [1.29, 1.82) is 0 Å². The number of aryl methyl sites for hydroxylation is 2. The zero-order valence-corrected chi connectivity index (χ0v) is 16.6. The Morgan fingerprint density at radius 3 is 2.07 bits per heavy atom. The van der Waals surface area contributed by atoms with Crippen molar-refractivity contribution in [3.8, 4) is 0 Å². The van der Waals surface area contributed by atoms with E-state index in [1.54, 1.807) is 41.8 Å². The highest BCUT2D eigenvalue weighted by Gasteiger charge is 2.33. The lowest BCUT2D eigenvalue weighted by Gasteiger charge is -2.07. The van der Waals surface area contributed by atoms with E-state index < -0.39 is 17.7 Å². The molecule has 0 radical (unpaired) electrons. The maximum atomic E-state index is 13.3. The second kappa shape index (κ2) is 7.48. The number of halogens is 1. The van der Waals surface area contributed by atoms with Crippen LogP contribution in [-0.4, -0.2) is 36.3 Å². The van der Waals surface area contributed by atoms with Crippen molar-refractivity contribution < 1.29 is 23.9 Å². The number of esters is 2. The summed E-state index contributed by atoms with van der Waals surface area (Å²) < 4.78 is 11.3. The number of ketones is 1. The van der Waals surface area contributed by atoms with Gasteiger partial charge in [0.1, 0.15) is 16.8 Å². The molecule has 2 aromatic heterocycles. The number of methoxy groups -OCH3 is 2. The molecule has 28 heavy (non-hydrogen) atoms. The summed E-state index contributed by atoms with van der Waals surface area (Å²) in [7, 11) is 2.41. The van der Waals surface area contributed by atoms with Crippen molar-refractivity contribution in [3.05, 3.63) is 75.1 Å². The number of rotatable bonds is 4. The van der Waals surface area contributed by atoms with Gasteiger partial charge in [-0.3, -0.25) is 4.79 Å². The van der Waals surface area contributed by atoms with Crippen LogP contribution in [0.3, 0.4) is 0 Å². The Labute approximate surface area is 166 Å². The number of carbonyl (C=O) groups is 3. The van der Waals surface area contributed by atoms with E-state index in [0.717, 1.165) is 11.1 Å². The molecule has 0 fully saturated rings. The topological polar surface area (TPSA) is 74.1 Å². The van der Waals surface area contributed by atoms with E-state index in [2.05, 4.69) is 0 Å². The fourth-order valence-electron chi connectivity index (χ4n) is 3.32. The number of ether oxygens (including phenoxy) is 2. The predicted molar refractivity (Wildman–Crippen MR) is 104 cm³/mol. The zero-order chi connectivity index (χ0) is 20.6.